The van der Waals surface area contributed by atoms with Gasteiger partial charge in [0, 0.05) is 30.2 Å². The molecule has 0 saturated heterocycles. The van der Waals surface area contributed by atoms with Crippen molar-refractivity contribution < 1.29 is 9.45 Å². The maximum atomic E-state index is 10.8. The Morgan fingerprint density at radius 3 is 2.81 bits per heavy atom. The maximum absolute atomic E-state index is 10.8. The number of benzene rings is 1. The predicted octanol–water partition coefficient (Wildman–Crippen LogP) is 2.43. The van der Waals surface area contributed by atoms with Gasteiger partial charge in [-0.05, 0) is 13.0 Å². The van der Waals surface area contributed by atoms with Crippen LogP contribution in [0.5, 0.6) is 0 Å². The average molecular weight is 290 g/mol. The highest BCUT2D eigenvalue weighted by atomic mass is 16.6. The summed E-state index contributed by atoms with van der Waals surface area (Å²) in [5.74, 6) is 1.32. The Labute approximate surface area is 122 Å². The van der Waals surface area contributed by atoms with Crippen LogP contribution in [-0.2, 0) is 6.42 Å². The molecule has 7 heteroatoms. The van der Waals surface area contributed by atoms with E-state index in [2.05, 4.69) is 29.3 Å². The first-order valence-corrected chi connectivity index (χ1v) is 6.76. The van der Waals surface area contributed by atoms with E-state index in [1.165, 1.54) is 12.1 Å². The molecule has 0 aliphatic rings. The molecule has 0 radical (unpaired) electrons. The second-order valence-corrected chi connectivity index (χ2v) is 5.16. The zero-order valence-electron chi connectivity index (χ0n) is 12.2. The van der Waals surface area contributed by atoms with Gasteiger partial charge in [0.1, 0.15) is 0 Å². The zero-order chi connectivity index (χ0) is 15.4. The molecule has 1 aromatic carbocycles. The van der Waals surface area contributed by atoms with Crippen molar-refractivity contribution in [1.82, 2.24) is 15.5 Å². The quantitative estimate of drug-likeness (QED) is 0.648. The molecular formula is C14H18N4O3. The van der Waals surface area contributed by atoms with Crippen molar-refractivity contribution in [3.63, 3.8) is 0 Å². The Bertz CT molecular complexity index is 624. The van der Waals surface area contributed by atoms with Gasteiger partial charge in [0.15, 0.2) is 0 Å². The third-order valence-corrected chi connectivity index (χ3v) is 3.35. The lowest BCUT2D eigenvalue weighted by atomic mass is 10.0. The van der Waals surface area contributed by atoms with E-state index in [1.54, 1.807) is 12.1 Å². The second kappa shape index (κ2) is 6.45. The first kappa shape index (κ1) is 15.1. The molecule has 1 unspecified atom stereocenters. The lowest BCUT2D eigenvalue weighted by Crippen LogP contribution is -2.32. The van der Waals surface area contributed by atoms with Gasteiger partial charge < -0.3 is 9.84 Å². The van der Waals surface area contributed by atoms with Crippen LogP contribution in [0.4, 0.5) is 5.69 Å². The lowest BCUT2D eigenvalue weighted by Gasteiger charge is -2.17. The van der Waals surface area contributed by atoms with E-state index < -0.39 is 4.92 Å². The Morgan fingerprint density at radius 2 is 2.19 bits per heavy atom. The first-order chi connectivity index (χ1) is 10.0. The van der Waals surface area contributed by atoms with Gasteiger partial charge in [-0.25, -0.2) is 0 Å². The van der Waals surface area contributed by atoms with Gasteiger partial charge >= 0.3 is 0 Å². The lowest BCUT2D eigenvalue weighted by molar-refractivity contribution is -0.384. The Kier molecular flexibility index (Phi) is 4.64. The highest BCUT2D eigenvalue weighted by molar-refractivity contribution is 5.58. The summed E-state index contributed by atoms with van der Waals surface area (Å²) in [5.41, 5.74) is 0.582. The summed E-state index contributed by atoms with van der Waals surface area (Å²) in [6.07, 6.45) is 0.621. The molecule has 0 amide bonds. The minimum atomic E-state index is -0.444. The van der Waals surface area contributed by atoms with Crippen molar-refractivity contribution in [3.8, 4) is 11.4 Å². The molecule has 21 heavy (non-hydrogen) atoms. The van der Waals surface area contributed by atoms with E-state index in [0.29, 0.717) is 29.6 Å². The minimum Gasteiger partial charge on any atom is -0.339 e. The summed E-state index contributed by atoms with van der Waals surface area (Å²) >= 11 is 0. The van der Waals surface area contributed by atoms with Crippen LogP contribution >= 0.6 is 0 Å². The van der Waals surface area contributed by atoms with Crippen molar-refractivity contribution in [2.75, 3.05) is 7.05 Å². The number of likely N-dealkylation sites (N-methyl/N-ethyl adjacent to an activating group) is 1. The van der Waals surface area contributed by atoms with Crippen molar-refractivity contribution in [2.24, 2.45) is 5.92 Å². The predicted molar refractivity (Wildman–Crippen MR) is 77.8 cm³/mol. The summed E-state index contributed by atoms with van der Waals surface area (Å²) in [7, 11) is 1.89. The normalized spacial score (nSPS) is 12.6. The number of rotatable bonds is 6. The average Bonchev–Trinajstić information content (AvgIpc) is 2.93. The largest absolute Gasteiger partial charge is 0.339 e. The van der Waals surface area contributed by atoms with Crippen LogP contribution in [0, 0.1) is 16.0 Å². The summed E-state index contributed by atoms with van der Waals surface area (Å²) in [6.45, 7) is 4.22. The van der Waals surface area contributed by atoms with Gasteiger partial charge in [-0.3, -0.25) is 10.1 Å². The van der Waals surface area contributed by atoms with Crippen LogP contribution in [0.25, 0.3) is 11.4 Å². The third-order valence-electron chi connectivity index (χ3n) is 3.35. The number of hydrogen-bond donors (Lipinski definition) is 1. The highest BCUT2D eigenvalue weighted by Crippen LogP contribution is 2.21. The molecule has 0 bridgehead atoms. The summed E-state index contributed by atoms with van der Waals surface area (Å²) in [6, 6.07) is 6.43. The molecule has 0 saturated carbocycles. The summed E-state index contributed by atoms with van der Waals surface area (Å²) < 4.78 is 5.23. The molecule has 1 atom stereocenters. The van der Waals surface area contributed by atoms with Gasteiger partial charge in [0.2, 0.25) is 11.7 Å². The van der Waals surface area contributed by atoms with Crippen molar-refractivity contribution in [2.45, 2.75) is 26.3 Å². The number of hydrogen-bond acceptors (Lipinski definition) is 6. The van der Waals surface area contributed by atoms with E-state index in [4.69, 9.17) is 4.52 Å². The minimum absolute atomic E-state index is 0.00846. The summed E-state index contributed by atoms with van der Waals surface area (Å²) in [5, 5.41) is 17.9. The van der Waals surface area contributed by atoms with Gasteiger partial charge in [-0.15, -0.1) is 0 Å². The molecule has 112 valence electrons. The van der Waals surface area contributed by atoms with E-state index in [-0.39, 0.29) is 11.7 Å². The molecule has 0 aliphatic heterocycles. The van der Waals surface area contributed by atoms with Crippen LogP contribution in [0.3, 0.4) is 0 Å². The monoisotopic (exact) mass is 290 g/mol. The van der Waals surface area contributed by atoms with E-state index in [9.17, 15) is 10.1 Å². The van der Waals surface area contributed by atoms with Gasteiger partial charge in [0.25, 0.3) is 5.69 Å². The van der Waals surface area contributed by atoms with Crippen molar-refractivity contribution >= 4 is 5.69 Å². The topological polar surface area (TPSA) is 94.1 Å². The molecule has 1 heterocycles. The number of non-ortho nitro benzene ring substituents is 1. The molecule has 1 N–H and O–H groups in total. The Balaban J connectivity index is 2.20. The SMILES string of the molecule is CNC(Cc1nc(-c2cccc([N+](=O)[O-])c2)no1)C(C)C. The Hall–Kier alpha value is -2.28. The molecule has 0 fully saturated rings. The number of nitrogens with one attached hydrogen (secondary N) is 1. The zero-order valence-corrected chi connectivity index (χ0v) is 12.2. The van der Waals surface area contributed by atoms with E-state index in [1.807, 2.05) is 7.05 Å². The van der Waals surface area contributed by atoms with Gasteiger partial charge in [0.05, 0.1) is 4.92 Å². The molecule has 2 aromatic rings. The number of aromatic nitrogens is 2. The third kappa shape index (κ3) is 3.63. The smallest absolute Gasteiger partial charge is 0.270 e. The number of nitrogens with zero attached hydrogens (tertiary/aromatic N) is 3. The molecule has 1 aromatic heterocycles. The van der Waals surface area contributed by atoms with E-state index >= 15 is 0 Å². The Morgan fingerprint density at radius 1 is 1.43 bits per heavy atom. The van der Waals surface area contributed by atoms with Gasteiger partial charge in [-0.2, -0.15) is 4.98 Å². The second-order valence-electron chi connectivity index (χ2n) is 5.16. The van der Waals surface area contributed by atoms with Crippen LogP contribution in [-0.4, -0.2) is 28.2 Å². The molecule has 7 nitrogen and oxygen atoms in total. The van der Waals surface area contributed by atoms with E-state index in [0.717, 1.165) is 0 Å². The van der Waals surface area contributed by atoms with Crippen molar-refractivity contribution in [1.29, 1.82) is 0 Å². The van der Waals surface area contributed by atoms with Crippen LogP contribution in [0.2, 0.25) is 0 Å². The fraction of sp³-hybridized carbons (Fsp3) is 0.429. The molecule has 0 aliphatic carbocycles. The van der Waals surface area contributed by atoms with Crippen LogP contribution in [0.15, 0.2) is 28.8 Å². The fourth-order valence-electron chi connectivity index (χ4n) is 2.07. The number of nitro groups is 1. The first-order valence-electron chi connectivity index (χ1n) is 6.76. The summed E-state index contributed by atoms with van der Waals surface area (Å²) in [4.78, 5) is 14.6. The van der Waals surface area contributed by atoms with Crippen LogP contribution < -0.4 is 5.32 Å². The molecular weight excluding hydrogens is 272 g/mol. The van der Waals surface area contributed by atoms with Crippen molar-refractivity contribution in [3.05, 3.63) is 40.3 Å². The fourth-order valence-corrected chi connectivity index (χ4v) is 2.07. The number of nitro benzene ring substituents is 1. The van der Waals surface area contributed by atoms with Gasteiger partial charge in [-0.1, -0.05) is 31.1 Å². The molecule has 0 spiro atoms. The molecule has 2 rings (SSSR count). The maximum Gasteiger partial charge on any atom is 0.270 e. The van der Waals surface area contributed by atoms with Crippen LogP contribution in [0.1, 0.15) is 19.7 Å². The highest BCUT2D eigenvalue weighted by Gasteiger charge is 2.17. The standard InChI is InChI=1S/C14H18N4O3/c1-9(2)12(15-3)8-13-16-14(17-21-13)10-5-4-6-11(7-10)18(19)20/h4-7,9,12,15H,8H2,1-3H3.